The summed E-state index contributed by atoms with van der Waals surface area (Å²) in [6.45, 7) is 2.15. The number of carbonyl (C=O) groups excluding carboxylic acids is 3. The van der Waals surface area contributed by atoms with Gasteiger partial charge in [-0.25, -0.2) is 0 Å². The van der Waals surface area contributed by atoms with Crippen molar-refractivity contribution in [3.8, 4) is 0 Å². The number of carbonyl (C=O) groups is 3. The van der Waals surface area contributed by atoms with E-state index in [2.05, 4.69) is 23.1 Å². The van der Waals surface area contributed by atoms with Crippen LogP contribution >= 0.6 is 0 Å². The number of benzene rings is 1. The number of anilines is 1. The maximum absolute atomic E-state index is 12.0. The molecule has 0 aromatic heterocycles. The number of hydrogen-bond donors (Lipinski definition) is 3. The second-order valence-corrected chi connectivity index (χ2v) is 6.51. The van der Waals surface area contributed by atoms with Crippen LogP contribution in [0.2, 0.25) is 0 Å². The van der Waals surface area contributed by atoms with E-state index in [1.165, 1.54) is 12.8 Å². The van der Waals surface area contributed by atoms with E-state index < -0.39 is 0 Å². The quantitative estimate of drug-likeness (QED) is 0.474. The summed E-state index contributed by atoms with van der Waals surface area (Å²) in [4.78, 5) is 35.4. The normalized spacial score (nSPS) is 13.2. The molecule has 6 nitrogen and oxygen atoms in total. The third-order valence-corrected chi connectivity index (χ3v) is 4.19. The molecule has 0 atom stereocenters. The van der Waals surface area contributed by atoms with Crippen molar-refractivity contribution >= 4 is 23.4 Å². The molecule has 1 saturated carbocycles. The summed E-state index contributed by atoms with van der Waals surface area (Å²) in [5, 5.41) is 2.82. The molecule has 0 heterocycles. The zero-order valence-electron chi connectivity index (χ0n) is 14.8. The van der Waals surface area contributed by atoms with Crippen molar-refractivity contribution in [1.82, 2.24) is 10.9 Å². The lowest BCUT2D eigenvalue weighted by Gasteiger charge is -2.08. The van der Waals surface area contributed by atoms with Crippen molar-refractivity contribution in [2.24, 2.45) is 5.92 Å². The highest BCUT2D eigenvalue weighted by atomic mass is 16.2. The van der Waals surface area contributed by atoms with Crippen molar-refractivity contribution in [3.05, 3.63) is 29.8 Å². The van der Waals surface area contributed by atoms with E-state index in [9.17, 15) is 14.4 Å². The van der Waals surface area contributed by atoms with Gasteiger partial charge in [-0.1, -0.05) is 32.6 Å². The van der Waals surface area contributed by atoms with Gasteiger partial charge in [-0.05, 0) is 43.5 Å². The highest BCUT2D eigenvalue weighted by Gasteiger charge is 2.29. The molecule has 0 unspecified atom stereocenters. The van der Waals surface area contributed by atoms with Gasteiger partial charge in [-0.15, -0.1) is 0 Å². The molecular weight excluding hydrogens is 318 g/mol. The molecule has 25 heavy (non-hydrogen) atoms. The van der Waals surface area contributed by atoms with E-state index in [1.807, 2.05) is 0 Å². The van der Waals surface area contributed by atoms with Gasteiger partial charge in [0.2, 0.25) is 11.8 Å². The molecule has 1 aromatic carbocycles. The van der Waals surface area contributed by atoms with Gasteiger partial charge in [0.05, 0.1) is 0 Å². The number of hydrogen-bond acceptors (Lipinski definition) is 3. The van der Waals surface area contributed by atoms with Crippen LogP contribution in [0.5, 0.6) is 0 Å². The molecule has 1 aliphatic carbocycles. The van der Waals surface area contributed by atoms with Gasteiger partial charge in [0.1, 0.15) is 0 Å². The van der Waals surface area contributed by atoms with Crippen LogP contribution in [0.4, 0.5) is 5.69 Å². The standard InChI is InChI=1S/C19H27N3O3/c1-2-3-4-5-6-7-17(23)21-22-19(25)15-10-12-16(13-11-15)20-18(24)14-8-9-14/h10-14H,2-9H2,1H3,(H,20,24)(H,21,23)(H,22,25). The highest BCUT2D eigenvalue weighted by molar-refractivity contribution is 5.97. The molecule has 2 rings (SSSR count). The molecule has 0 radical (unpaired) electrons. The van der Waals surface area contributed by atoms with Gasteiger partial charge in [0, 0.05) is 23.6 Å². The Bertz CT molecular complexity index is 594. The predicted octanol–water partition coefficient (Wildman–Crippen LogP) is 3.16. The molecule has 0 saturated heterocycles. The number of unbranched alkanes of at least 4 members (excludes halogenated alkanes) is 4. The van der Waals surface area contributed by atoms with E-state index in [-0.39, 0.29) is 23.6 Å². The Morgan fingerprint density at radius 2 is 1.64 bits per heavy atom. The smallest absolute Gasteiger partial charge is 0.269 e. The van der Waals surface area contributed by atoms with Crippen LogP contribution in [0.1, 0.15) is 68.6 Å². The molecule has 0 aliphatic heterocycles. The van der Waals surface area contributed by atoms with Crippen LogP contribution < -0.4 is 16.2 Å². The molecule has 0 spiro atoms. The summed E-state index contributed by atoms with van der Waals surface area (Å²) in [7, 11) is 0. The van der Waals surface area contributed by atoms with E-state index in [0.29, 0.717) is 17.7 Å². The summed E-state index contributed by atoms with van der Waals surface area (Å²) < 4.78 is 0. The van der Waals surface area contributed by atoms with Crippen molar-refractivity contribution in [1.29, 1.82) is 0 Å². The van der Waals surface area contributed by atoms with Crippen LogP contribution in [-0.4, -0.2) is 17.7 Å². The fraction of sp³-hybridized carbons (Fsp3) is 0.526. The number of rotatable bonds is 9. The van der Waals surface area contributed by atoms with Crippen molar-refractivity contribution < 1.29 is 14.4 Å². The first kappa shape index (κ1) is 19.0. The van der Waals surface area contributed by atoms with E-state index >= 15 is 0 Å². The maximum atomic E-state index is 12.0. The Kier molecular flexibility index (Phi) is 7.44. The van der Waals surface area contributed by atoms with Gasteiger partial charge in [0.25, 0.3) is 5.91 Å². The fourth-order valence-corrected chi connectivity index (χ4v) is 2.45. The molecule has 1 aliphatic rings. The fourth-order valence-electron chi connectivity index (χ4n) is 2.45. The maximum Gasteiger partial charge on any atom is 0.269 e. The van der Waals surface area contributed by atoms with Crippen LogP contribution in [0, 0.1) is 5.92 Å². The average Bonchev–Trinajstić information content (AvgIpc) is 3.45. The average molecular weight is 345 g/mol. The van der Waals surface area contributed by atoms with Gasteiger partial charge in [-0.3, -0.25) is 25.2 Å². The number of hydrazine groups is 1. The Morgan fingerprint density at radius 3 is 2.28 bits per heavy atom. The Labute approximate surface area is 148 Å². The van der Waals surface area contributed by atoms with Crippen molar-refractivity contribution in [2.75, 3.05) is 5.32 Å². The SMILES string of the molecule is CCCCCCCC(=O)NNC(=O)c1ccc(NC(=O)C2CC2)cc1. The Balaban J connectivity index is 1.67. The van der Waals surface area contributed by atoms with Gasteiger partial charge >= 0.3 is 0 Å². The van der Waals surface area contributed by atoms with Crippen LogP contribution in [0.15, 0.2) is 24.3 Å². The lowest BCUT2D eigenvalue weighted by atomic mass is 10.1. The first-order chi connectivity index (χ1) is 12.1. The van der Waals surface area contributed by atoms with Crippen molar-refractivity contribution in [3.63, 3.8) is 0 Å². The molecule has 6 heteroatoms. The van der Waals surface area contributed by atoms with E-state index in [1.54, 1.807) is 24.3 Å². The first-order valence-corrected chi connectivity index (χ1v) is 9.10. The summed E-state index contributed by atoms with van der Waals surface area (Å²) in [6, 6.07) is 6.61. The first-order valence-electron chi connectivity index (χ1n) is 9.10. The Hall–Kier alpha value is -2.37. The predicted molar refractivity (Wildman–Crippen MR) is 96.8 cm³/mol. The zero-order chi connectivity index (χ0) is 18.1. The second-order valence-electron chi connectivity index (χ2n) is 6.51. The molecule has 1 aromatic rings. The van der Waals surface area contributed by atoms with Gasteiger partial charge in [0.15, 0.2) is 0 Å². The largest absolute Gasteiger partial charge is 0.326 e. The minimum Gasteiger partial charge on any atom is -0.326 e. The highest BCUT2D eigenvalue weighted by Crippen LogP contribution is 2.30. The second kappa shape index (κ2) is 9.81. The molecular formula is C19H27N3O3. The summed E-state index contributed by atoms with van der Waals surface area (Å²) in [5.41, 5.74) is 5.94. The summed E-state index contributed by atoms with van der Waals surface area (Å²) >= 11 is 0. The van der Waals surface area contributed by atoms with Crippen LogP contribution in [-0.2, 0) is 9.59 Å². The molecule has 136 valence electrons. The zero-order valence-corrected chi connectivity index (χ0v) is 14.8. The minimum absolute atomic E-state index is 0.0309. The number of amides is 3. The molecule has 0 bridgehead atoms. The summed E-state index contributed by atoms with van der Waals surface area (Å²) in [6.07, 6.45) is 7.67. The lowest BCUT2D eigenvalue weighted by Crippen LogP contribution is -2.41. The minimum atomic E-state index is -0.376. The molecule has 3 amide bonds. The van der Waals surface area contributed by atoms with Crippen LogP contribution in [0.3, 0.4) is 0 Å². The molecule has 1 fully saturated rings. The third-order valence-electron chi connectivity index (χ3n) is 4.19. The monoisotopic (exact) mass is 345 g/mol. The lowest BCUT2D eigenvalue weighted by molar-refractivity contribution is -0.122. The Morgan fingerprint density at radius 1 is 0.960 bits per heavy atom. The van der Waals surface area contributed by atoms with Crippen molar-refractivity contribution in [2.45, 2.75) is 58.3 Å². The topological polar surface area (TPSA) is 87.3 Å². The van der Waals surface area contributed by atoms with Gasteiger partial charge < -0.3 is 5.32 Å². The van der Waals surface area contributed by atoms with E-state index in [4.69, 9.17) is 0 Å². The number of nitrogens with one attached hydrogen (secondary N) is 3. The van der Waals surface area contributed by atoms with E-state index in [0.717, 1.165) is 32.1 Å². The van der Waals surface area contributed by atoms with Crippen LogP contribution in [0.25, 0.3) is 0 Å². The van der Waals surface area contributed by atoms with Gasteiger partial charge in [-0.2, -0.15) is 0 Å². The molecule has 3 N–H and O–H groups in total. The summed E-state index contributed by atoms with van der Waals surface area (Å²) in [5.74, 6) is -0.388. The third kappa shape index (κ3) is 6.95.